The highest BCUT2D eigenvalue weighted by molar-refractivity contribution is 6.33. The van der Waals surface area contributed by atoms with Gasteiger partial charge >= 0.3 is 0 Å². The van der Waals surface area contributed by atoms with E-state index < -0.39 is 0 Å². The maximum Gasteiger partial charge on any atom is 0.272 e. The van der Waals surface area contributed by atoms with E-state index in [2.05, 4.69) is 4.98 Å². The van der Waals surface area contributed by atoms with Gasteiger partial charge in [-0.1, -0.05) is 11.6 Å². The molecule has 0 aliphatic rings. The van der Waals surface area contributed by atoms with E-state index >= 15 is 0 Å². The number of aromatic amines is 1. The summed E-state index contributed by atoms with van der Waals surface area (Å²) in [6.07, 6.45) is 1.82. The van der Waals surface area contributed by atoms with Crippen LogP contribution in [0.2, 0.25) is 5.02 Å². The molecule has 0 aliphatic heterocycles. The van der Waals surface area contributed by atoms with E-state index in [0.717, 1.165) is 5.52 Å². The molecule has 1 aromatic carbocycles. The monoisotopic (exact) mass is 233 g/mol. The zero-order valence-electron chi connectivity index (χ0n) is 8.20. The van der Waals surface area contributed by atoms with Crippen LogP contribution in [0.5, 0.6) is 0 Å². The highest BCUT2D eigenvalue weighted by Gasteiger charge is 2.06. The summed E-state index contributed by atoms with van der Waals surface area (Å²) >= 11 is 5.96. The summed E-state index contributed by atoms with van der Waals surface area (Å²) in [6, 6.07) is 6.98. The van der Waals surface area contributed by atoms with Gasteiger partial charge in [-0.3, -0.25) is 4.79 Å². The Morgan fingerprint density at radius 1 is 1.31 bits per heavy atom. The van der Waals surface area contributed by atoms with Gasteiger partial charge in [0.05, 0.1) is 21.7 Å². The maximum absolute atomic E-state index is 11.7. The van der Waals surface area contributed by atoms with Gasteiger partial charge in [-0.25, -0.2) is 0 Å². The average molecular weight is 234 g/mol. The van der Waals surface area contributed by atoms with Crippen LogP contribution in [0.25, 0.3) is 16.6 Å². The first-order valence-electron chi connectivity index (χ1n) is 4.75. The van der Waals surface area contributed by atoms with E-state index in [4.69, 9.17) is 17.3 Å². The molecule has 0 spiro atoms. The molecule has 0 bridgehead atoms. The van der Waals surface area contributed by atoms with E-state index in [9.17, 15) is 4.79 Å². The molecule has 0 amide bonds. The Bertz CT molecular complexity index is 757. The van der Waals surface area contributed by atoms with Crippen molar-refractivity contribution in [3.63, 3.8) is 0 Å². The van der Waals surface area contributed by atoms with Crippen LogP contribution >= 0.6 is 11.6 Å². The first-order valence-corrected chi connectivity index (χ1v) is 5.13. The van der Waals surface area contributed by atoms with Crippen LogP contribution in [0.3, 0.4) is 0 Å². The third-order valence-corrected chi connectivity index (χ3v) is 2.93. The Labute approximate surface area is 95.3 Å². The fraction of sp³-hybridized carbons (Fsp3) is 0. The molecule has 0 atom stereocenters. The lowest BCUT2D eigenvalue weighted by Gasteiger charge is -2.05. The summed E-state index contributed by atoms with van der Waals surface area (Å²) in [4.78, 5) is 14.5. The number of benzene rings is 1. The summed E-state index contributed by atoms with van der Waals surface area (Å²) in [7, 11) is 0. The van der Waals surface area contributed by atoms with Gasteiger partial charge in [0.1, 0.15) is 5.52 Å². The Hall–Kier alpha value is -1.94. The van der Waals surface area contributed by atoms with Gasteiger partial charge < -0.3 is 15.1 Å². The van der Waals surface area contributed by atoms with Crippen LogP contribution in [0.4, 0.5) is 5.69 Å². The zero-order valence-corrected chi connectivity index (χ0v) is 8.95. The molecule has 16 heavy (non-hydrogen) atoms. The second kappa shape index (κ2) is 3.02. The van der Waals surface area contributed by atoms with E-state index in [1.807, 2.05) is 12.3 Å². The number of hydrogen-bond donors (Lipinski definition) is 2. The molecular formula is C11H8ClN3O. The molecule has 3 N–H and O–H groups in total. The number of nitrogen functional groups attached to an aromatic ring is 1. The minimum absolute atomic E-state index is 0.140. The second-order valence-corrected chi connectivity index (χ2v) is 4.02. The van der Waals surface area contributed by atoms with Crippen molar-refractivity contribution in [2.45, 2.75) is 0 Å². The average Bonchev–Trinajstić information content (AvgIpc) is 2.71. The molecule has 0 radical (unpaired) electrons. The standard InChI is InChI=1S/C11H8ClN3O/c12-6-4-10-8(5-7(6)13)14-11(16)9-2-1-3-15(9)10/h1-5H,13H2,(H,14,16). The zero-order chi connectivity index (χ0) is 11.3. The predicted molar refractivity (Wildman–Crippen MR) is 64.9 cm³/mol. The summed E-state index contributed by atoms with van der Waals surface area (Å²) < 4.78 is 1.79. The second-order valence-electron chi connectivity index (χ2n) is 3.61. The Morgan fingerprint density at radius 2 is 2.12 bits per heavy atom. The molecule has 80 valence electrons. The van der Waals surface area contributed by atoms with Crippen molar-refractivity contribution in [2.75, 3.05) is 5.73 Å². The van der Waals surface area contributed by atoms with Gasteiger partial charge in [0.15, 0.2) is 0 Å². The molecular weight excluding hydrogens is 226 g/mol. The van der Waals surface area contributed by atoms with Crippen molar-refractivity contribution in [1.29, 1.82) is 0 Å². The van der Waals surface area contributed by atoms with Crippen molar-refractivity contribution in [3.05, 3.63) is 45.8 Å². The molecule has 2 heterocycles. The fourth-order valence-electron chi connectivity index (χ4n) is 1.84. The summed E-state index contributed by atoms with van der Waals surface area (Å²) in [6.45, 7) is 0. The third kappa shape index (κ3) is 1.13. The Balaban J connectivity index is 2.64. The normalized spacial score (nSPS) is 11.3. The van der Waals surface area contributed by atoms with Gasteiger partial charge in [-0.15, -0.1) is 0 Å². The summed E-state index contributed by atoms with van der Waals surface area (Å²) in [5.74, 6) is 0. The fourth-order valence-corrected chi connectivity index (χ4v) is 2.00. The van der Waals surface area contributed by atoms with Crippen molar-refractivity contribution in [2.24, 2.45) is 0 Å². The highest BCUT2D eigenvalue weighted by Crippen LogP contribution is 2.24. The van der Waals surface area contributed by atoms with Crippen LogP contribution in [0, 0.1) is 0 Å². The van der Waals surface area contributed by atoms with Crippen molar-refractivity contribution in [1.82, 2.24) is 9.38 Å². The van der Waals surface area contributed by atoms with E-state index in [1.165, 1.54) is 0 Å². The maximum atomic E-state index is 11.7. The minimum atomic E-state index is -0.140. The SMILES string of the molecule is Nc1cc2[nH]c(=O)c3cccn3c2cc1Cl. The summed E-state index contributed by atoms with van der Waals surface area (Å²) in [5.41, 5.74) is 8.11. The van der Waals surface area contributed by atoms with Gasteiger partial charge in [-0.05, 0) is 24.3 Å². The highest BCUT2D eigenvalue weighted by atomic mass is 35.5. The third-order valence-electron chi connectivity index (χ3n) is 2.60. The molecule has 4 nitrogen and oxygen atoms in total. The number of fused-ring (bicyclic) bond motifs is 3. The van der Waals surface area contributed by atoms with Crippen LogP contribution in [0.15, 0.2) is 35.3 Å². The van der Waals surface area contributed by atoms with Gasteiger partial charge in [0.2, 0.25) is 0 Å². The Kier molecular flexibility index (Phi) is 1.76. The van der Waals surface area contributed by atoms with Crippen molar-refractivity contribution < 1.29 is 0 Å². The molecule has 5 heteroatoms. The van der Waals surface area contributed by atoms with Gasteiger partial charge in [-0.2, -0.15) is 0 Å². The lowest BCUT2D eigenvalue weighted by atomic mass is 10.2. The molecule has 2 aromatic heterocycles. The number of hydrogen-bond acceptors (Lipinski definition) is 2. The van der Waals surface area contributed by atoms with Crippen molar-refractivity contribution >= 4 is 33.8 Å². The Morgan fingerprint density at radius 3 is 2.94 bits per heavy atom. The largest absolute Gasteiger partial charge is 0.397 e. The number of nitrogens with zero attached hydrogens (tertiary/aromatic N) is 1. The molecule has 0 fully saturated rings. The number of nitrogens with two attached hydrogens (primary N) is 1. The number of halogens is 1. The molecule has 0 aliphatic carbocycles. The number of aromatic nitrogens is 2. The number of H-pyrrole nitrogens is 1. The topological polar surface area (TPSA) is 63.3 Å². The van der Waals surface area contributed by atoms with Crippen LogP contribution in [-0.4, -0.2) is 9.38 Å². The first kappa shape index (κ1) is 9.30. The predicted octanol–water partition coefficient (Wildman–Crippen LogP) is 2.02. The quantitative estimate of drug-likeness (QED) is 0.584. The van der Waals surface area contributed by atoms with E-state index in [1.54, 1.807) is 22.6 Å². The molecule has 3 rings (SSSR count). The lowest BCUT2D eigenvalue weighted by molar-refractivity contribution is 1.19. The number of nitrogens with one attached hydrogen (secondary N) is 1. The van der Waals surface area contributed by atoms with Crippen LogP contribution < -0.4 is 11.3 Å². The summed E-state index contributed by atoms with van der Waals surface area (Å²) in [5, 5.41) is 0.481. The van der Waals surface area contributed by atoms with Crippen molar-refractivity contribution in [3.8, 4) is 0 Å². The van der Waals surface area contributed by atoms with Gasteiger partial charge in [0.25, 0.3) is 5.56 Å². The first-order chi connectivity index (χ1) is 7.66. The van der Waals surface area contributed by atoms with E-state index in [0.29, 0.717) is 21.7 Å². The van der Waals surface area contributed by atoms with Gasteiger partial charge in [0, 0.05) is 6.20 Å². The molecule has 0 saturated heterocycles. The number of rotatable bonds is 0. The molecule has 0 saturated carbocycles. The molecule has 0 unspecified atom stereocenters. The van der Waals surface area contributed by atoms with E-state index in [-0.39, 0.29) is 5.56 Å². The minimum Gasteiger partial charge on any atom is -0.397 e. The molecule has 3 aromatic rings. The number of anilines is 1. The lowest BCUT2D eigenvalue weighted by Crippen LogP contribution is -2.09. The van der Waals surface area contributed by atoms with Crippen LogP contribution in [0.1, 0.15) is 0 Å². The smallest absolute Gasteiger partial charge is 0.272 e. The van der Waals surface area contributed by atoms with Crippen LogP contribution in [-0.2, 0) is 0 Å².